The quantitative estimate of drug-likeness (QED) is 0.627. The molecule has 0 fully saturated rings. The third-order valence-electron chi connectivity index (χ3n) is 1.43. The fourth-order valence-electron chi connectivity index (χ4n) is 0.406. The van der Waals surface area contributed by atoms with Crippen molar-refractivity contribution >= 4 is 5.91 Å². The first-order chi connectivity index (χ1) is 4.54. The zero-order valence-electron chi connectivity index (χ0n) is 6.76. The summed E-state index contributed by atoms with van der Waals surface area (Å²) in [7, 11) is 0. The third kappa shape index (κ3) is 4.32. The van der Waals surface area contributed by atoms with Gasteiger partial charge in [-0.3, -0.25) is 4.79 Å². The molecule has 0 aliphatic rings. The average Bonchev–Trinajstić information content (AvgIpc) is 1.82. The molecule has 0 aliphatic carbocycles. The smallest absolute Gasteiger partial charge is 0.243 e. The number of rotatable bonds is 4. The van der Waals surface area contributed by atoms with Crippen LogP contribution in [-0.2, 0) is 9.53 Å². The van der Waals surface area contributed by atoms with Crippen LogP contribution in [0.4, 0.5) is 0 Å². The minimum absolute atomic E-state index is 0.0271. The molecule has 1 unspecified atom stereocenters. The number of ether oxygens (including phenoxy) is 1. The SMILES string of the molecule is CC(C)C(C)OCC(N)=O. The van der Waals surface area contributed by atoms with Crippen molar-refractivity contribution < 1.29 is 9.53 Å². The Bertz CT molecular complexity index is 112. The molecule has 0 aromatic heterocycles. The van der Waals surface area contributed by atoms with Crippen molar-refractivity contribution in [2.24, 2.45) is 11.7 Å². The standard InChI is InChI=1S/C7H15NO2/c1-5(2)6(3)10-4-7(8)9/h5-6H,4H2,1-3H3,(H2,8,9). The van der Waals surface area contributed by atoms with E-state index >= 15 is 0 Å². The Morgan fingerprint density at radius 1 is 1.50 bits per heavy atom. The Morgan fingerprint density at radius 2 is 2.00 bits per heavy atom. The Kier molecular flexibility index (Phi) is 4.03. The molecule has 60 valence electrons. The molecule has 0 bridgehead atoms. The first-order valence-electron chi connectivity index (χ1n) is 3.44. The van der Waals surface area contributed by atoms with Gasteiger partial charge in [-0.25, -0.2) is 0 Å². The van der Waals surface area contributed by atoms with Crippen molar-refractivity contribution in [3.63, 3.8) is 0 Å². The van der Waals surface area contributed by atoms with E-state index in [0.29, 0.717) is 5.92 Å². The van der Waals surface area contributed by atoms with Gasteiger partial charge in [0.1, 0.15) is 6.61 Å². The van der Waals surface area contributed by atoms with Gasteiger partial charge in [-0.05, 0) is 12.8 Å². The summed E-state index contributed by atoms with van der Waals surface area (Å²) in [6.45, 7) is 6.02. The predicted octanol–water partition coefficient (Wildman–Crippen LogP) is 0.533. The molecule has 0 aromatic rings. The average molecular weight is 145 g/mol. The molecular weight excluding hydrogens is 130 g/mol. The highest BCUT2D eigenvalue weighted by atomic mass is 16.5. The summed E-state index contributed by atoms with van der Waals surface area (Å²) in [6, 6.07) is 0. The van der Waals surface area contributed by atoms with E-state index in [-0.39, 0.29) is 12.7 Å². The van der Waals surface area contributed by atoms with Gasteiger partial charge in [0.2, 0.25) is 5.91 Å². The predicted molar refractivity (Wildman–Crippen MR) is 39.4 cm³/mol. The van der Waals surface area contributed by atoms with E-state index in [1.807, 2.05) is 20.8 Å². The van der Waals surface area contributed by atoms with Crippen molar-refractivity contribution in [1.29, 1.82) is 0 Å². The van der Waals surface area contributed by atoms with Gasteiger partial charge < -0.3 is 10.5 Å². The zero-order chi connectivity index (χ0) is 8.15. The number of hydrogen-bond donors (Lipinski definition) is 1. The highest BCUT2D eigenvalue weighted by Gasteiger charge is 2.07. The summed E-state index contributed by atoms with van der Waals surface area (Å²) >= 11 is 0. The normalized spacial score (nSPS) is 13.6. The highest BCUT2D eigenvalue weighted by molar-refractivity contribution is 5.74. The van der Waals surface area contributed by atoms with Crippen LogP contribution in [0, 0.1) is 5.92 Å². The number of primary amides is 1. The first kappa shape index (κ1) is 9.43. The first-order valence-corrected chi connectivity index (χ1v) is 3.44. The minimum Gasteiger partial charge on any atom is -0.368 e. The van der Waals surface area contributed by atoms with E-state index in [0.717, 1.165) is 0 Å². The summed E-state index contributed by atoms with van der Waals surface area (Å²) in [5, 5.41) is 0. The molecule has 0 heterocycles. The lowest BCUT2D eigenvalue weighted by atomic mass is 10.1. The molecule has 1 amide bonds. The molecule has 0 saturated carbocycles. The van der Waals surface area contributed by atoms with E-state index in [9.17, 15) is 4.79 Å². The minimum atomic E-state index is -0.410. The van der Waals surface area contributed by atoms with Gasteiger partial charge in [0.05, 0.1) is 6.10 Å². The lowest BCUT2D eigenvalue weighted by molar-refractivity contribution is -0.124. The van der Waals surface area contributed by atoms with E-state index < -0.39 is 5.91 Å². The lowest BCUT2D eigenvalue weighted by Crippen LogP contribution is -2.24. The Morgan fingerprint density at radius 3 is 2.30 bits per heavy atom. The second-order valence-electron chi connectivity index (χ2n) is 2.73. The van der Waals surface area contributed by atoms with Crippen LogP contribution in [0.3, 0.4) is 0 Å². The van der Waals surface area contributed by atoms with Crippen LogP contribution >= 0.6 is 0 Å². The van der Waals surface area contributed by atoms with E-state index in [1.54, 1.807) is 0 Å². The van der Waals surface area contributed by atoms with Crippen LogP contribution in [0.25, 0.3) is 0 Å². The van der Waals surface area contributed by atoms with Crippen molar-refractivity contribution in [2.45, 2.75) is 26.9 Å². The van der Waals surface area contributed by atoms with Crippen LogP contribution in [0.1, 0.15) is 20.8 Å². The Balaban J connectivity index is 3.39. The lowest BCUT2D eigenvalue weighted by Gasteiger charge is -2.14. The van der Waals surface area contributed by atoms with Crippen molar-refractivity contribution in [3.05, 3.63) is 0 Å². The number of hydrogen-bond acceptors (Lipinski definition) is 2. The molecule has 1 atom stereocenters. The maximum atomic E-state index is 10.2. The molecule has 0 saturated heterocycles. The highest BCUT2D eigenvalue weighted by Crippen LogP contribution is 2.03. The number of carbonyl (C=O) groups is 1. The van der Waals surface area contributed by atoms with Crippen molar-refractivity contribution in [3.8, 4) is 0 Å². The molecular formula is C7H15NO2. The number of carbonyl (C=O) groups excluding carboxylic acids is 1. The molecule has 3 nitrogen and oxygen atoms in total. The van der Waals surface area contributed by atoms with Crippen LogP contribution < -0.4 is 5.73 Å². The molecule has 0 radical (unpaired) electrons. The Labute approximate surface area is 61.5 Å². The number of amides is 1. The Hall–Kier alpha value is -0.570. The second-order valence-corrected chi connectivity index (χ2v) is 2.73. The van der Waals surface area contributed by atoms with Crippen molar-refractivity contribution in [2.75, 3.05) is 6.61 Å². The molecule has 0 rings (SSSR count). The molecule has 3 heteroatoms. The van der Waals surface area contributed by atoms with Gasteiger partial charge in [0, 0.05) is 0 Å². The van der Waals surface area contributed by atoms with Gasteiger partial charge in [0.25, 0.3) is 0 Å². The van der Waals surface area contributed by atoms with Gasteiger partial charge in [-0.1, -0.05) is 13.8 Å². The molecule has 0 aliphatic heterocycles. The van der Waals surface area contributed by atoms with Gasteiger partial charge in [-0.15, -0.1) is 0 Å². The van der Waals surface area contributed by atoms with Gasteiger partial charge in [-0.2, -0.15) is 0 Å². The topological polar surface area (TPSA) is 52.3 Å². The fourth-order valence-corrected chi connectivity index (χ4v) is 0.406. The monoisotopic (exact) mass is 145 g/mol. The molecule has 10 heavy (non-hydrogen) atoms. The van der Waals surface area contributed by atoms with Crippen LogP contribution in [0.5, 0.6) is 0 Å². The fraction of sp³-hybridized carbons (Fsp3) is 0.857. The molecule has 2 N–H and O–H groups in total. The van der Waals surface area contributed by atoms with E-state index in [2.05, 4.69) is 0 Å². The summed E-state index contributed by atoms with van der Waals surface area (Å²) < 4.78 is 5.09. The maximum Gasteiger partial charge on any atom is 0.243 e. The molecule has 0 aromatic carbocycles. The van der Waals surface area contributed by atoms with Gasteiger partial charge in [0.15, 0.2) is 0 Å². The largest absolute Gasteiger partial charge is 0.368 e. The summed E-state index contributed by atoms with van der Waals surface area (Å²) in [5.41, 5.74) is 4.88. The van der Waals surface area contributed by atoms with Gasteiger partial charge >= 0.3 is 0 Å². The molecule has 0 spiro atoms. The summed E-state index contributed by atoms with van der Waals surface area (Å²) in [4.78, 5) is 10.2. The zero-order valence-corrected chi connectivity index (χ0v) is 6.76. The van der Waals surface area contributed by atoms with E-state index in [1.165, 1.54) is 0 Å². The van der Waals surface area contributed by atoms with E-state index in [4.69, 9.17) is 10.5 Å². The number of nitrogens with two attached hydrogens (primary N) is 1. The van der Waals surface area contributed by atoms with Crippen LogP contribution in [-0.4, -0.2) is 18.6 Å². The van der Waals surface area contributed by atoms with Crippen molar-refractivity contribution in [1.82, 2.24) is 0 Å². The summed E-state index contributed by atoms with van der Waals surface area (Å²) in [5.74, 6) is 0.0202. The maximum absolute atomic E-state index is 10.2. The summed E-state index contributed by atoms with van der Waals surface area (Å²) in [6.07, 6.45) is 0.104. The van der Waals surface area contributed by atoms with Crippen LogP contribution in [0.15, 0.2) is 0 Å². The second kappa shape index (κ2) is 4.28. The third-order valence-corrected chi connectivity index (χ3v) is 1.43. The van der Waals surface area contributed by atoms with Crippen LogP contribution in [0.2, 0.25) is 0 Å².